The normalized spacial score (nSPS) is 12.4. The third-order valence-electron chi connectivity index (χ3n) is 2.52. The van der Waals surface area contributed by atoms with Crippen molar-refractivity contribution in [1.29, 1.82) is 0 Å². The second-order valence-electron chi connectivity index (χ2n) is 3.50. The van der Waals surface area contributed by atoms with E-state index in [1.54, 1.807) is 0 Å². The van der Waals surface area contributed by atoms with E-state index in [0.717, 1.165) is 9.52 Å². The number of hydrogen-bond acceptors (Lipinski definition) is 0. The van der Waals surface area contributed by atoms with Gasteiger partial charge in [0.25, 0.3) is 0 Å². The molecule has 1 aliphatic heterocycles. The maximum absolute atomic E-state index is 2.38. The van der Waals surface area contributed by atoms with Crippen molar-refractivity contribution in [1.82, 2.24) is 0 Å². The van der Waals surface area contributed by atoms with Crippen LogP contribution < -0.4 is 10.4 Å². The zero-order chi connectivity index (χ0) is 10.4. The molecule has 3 heteroatoms. The van der Waals surface area contributed by atoms with Crippen LogP contribution in [0.25, 0.3) is 11.1 Å². The van der Waals surface area contributed by atoms with Crippen LogP contribution in [0.3, 0.4) is 0 Å². The van der Waals surface area contributed by atoms with E-state index in [9.17, 15) is 0 Å². The molecular weight excluding hydrogens is 426 g/mol. The molecule has 2 aromatic carbocycles. The molecule has 0 unspecified atom stereocenters. The standard InChI is InChI=1S/C12H6I2Si/c13-7-1-3-9-10-4-2-8(14)6-12(10)15-11(9)5-7/h1-6H. The van der Waals surface area contributed by atoms with Crippen LogP contribution in [0, 0.1) is 7.14 Å². The van der Waals surface area contributed by atoms with Crippen molar-refractivity contribution >= 4 is 65.1 Å². The van der Waals surface area contributed by atoms with Crippen LogP contribution in [0.4, 0.5) is 0 Å². The molecule has 72 valence electrons. The Morgan fingerprint density at radius 1 is 0.733 bits per heavy atom. The molecule has 0 saturated heterocycles. The molecule has 0 aromatic heterocycles. The van der Waals surface area contributed by atoms with Gasteiger partial charge in [0.15, 0.2) is 0 Å². The number of rotatable bonds is 0. The van der Waals surface area contributed by atoms with Gasteiger partial charge in [0.05, 0.1) is 0 Å². The predicted molar refractivity (Wildman–Crippen MR) is 82.3 cm³/mol. The molecule has 0 atom stereocenters. The summed E-state index contributed by atoms with van der Waals surface area (Å²) in [5.74, 6) is 0. The van der Waals surface area contributed by atoms with Gasteiger partial charge in [-0.1, -0.05) is 12.1 Å². The average Bonchev–Trinajstić information content (AvgIpc) is 2.53. The van der Waals surface area contributed by atoms with Gasteiger partial charge in [-0.3, -0.25) is 0 Å². The first kappa shape index (κ1) is 10.3. The molecule has 0 aliphatic carbocycles. The highest BCUT2D eigenvalue weighted by atomic mass is 127. The van der Waals surface area contributed by atoms with E-state index in [-0.39, 0.29) is 0 Å². The molecule has 0 spiro atoms. The molecule has 0 fully saturated rings. The summed E-state index contributed by atoms with van der Waals surface area (Å²) in [6.07, 6.45) is 0. The number of fused-ring (bicyclic) bond motifs is 3. The second kappa shape index (κ2) is 3.85. The fourth-order valence-electron chi connectivity index (χ4n) is 1.85. The Kier molecular flexibility index (Phi) is 2.64. The van der Waals surface area contributed by atoms with E-state index in [2.05, 4.69) is 81.6 Å². The van der Waals surface area contributed by atoms with Crippen molar-refractivity contribution in [3.63, 3.8) is 0 Å². The molecule has 0 N–H and O–H groups in total. The highest BCUT2D eigenvalue weighted by Crippen LogP contribution is 2.22. The number of halogens is 2. The molecule has 1 heterocycles. The Morgan fingerprint density at radius 2 is 1.20 bits per heavy atom. The highest BCUT2D eigenvalue weighted by Gasteiger charge is 2.18. The summed E-state index contributed by atoms with van der Waals surface area (Å²) >= 11 is 4.76. The molecule has 1 aliphatic rings. The maximum Gasteiger partial charge on any atom is 0.123 e. The first-order valence-electron chi connectivity index (χ1n) is 4.60. The van der Waals surface area contributed by atoms with E-state index < -0.39 is 0 Å². The highest BCUT2D eigenvalue weighted by molar-refractivity contribution is 14.1. The van der Waals surface area contributed by atoms with Crippen LogP contribution in [-0.4, -0.2) is 9.52 Å². The van der Waals surface area contributed by atoms with Crippen LogP contribution in [0.15, 0.2) is 36.4 Å². The van der Waals surface area contributed by atoms with Gasteiger partial charge in [0.2, 0.25) is 0 Å². The molecule has 0 nitrogen and oxygen atoms in total. The van der Waals surface area contributed by atoms with Gasteiger partial charge >= 0.3 is 0 Å². The summed E-state index contributed by atoms with van der Waals surface area (Å²) in [5.41, 5.74) is 2.86. The van der Waals surface area contributed by atoms with Crippen LogP contribution >= 0.6 is 45.2 Å². The van der Waals surface area contributed by atoms with Gasteiger partial charge in [-0.15, -0.1) is 0 Å². The molecule has 0 bridgehead atoms. The van der Waals surface area contributed by atoms with Gasteiger partial charge < -0.3 is 0 Å². The summed E-state index contributed by atoms with van der Waals surface area (Å²) in [7, 11) is 0.834. The van der Waals surface area contributed by atoms with Gasteiger partial charge in [-0.25, -0.2) is 0 Å². The summed E-state index contributed by atoms with van der Waals surface area (Å²) in [4.78, 5) is 0. The Labute approximate surface area is 119 Å². The zero-order valence-electron chi connectivity index (χ0n) is 7.72. The van der Waals surface area contributed by atoms with Crippen molar-refractivity contribution in [3.8, 4) is 11.1 Å². The zero-order valence-corrected chi connectivity index (χ0v) is 13.0. The Bertz CT molecular complexity index is 500. The molecular formula is C12H6I2Si. The molecule has 2 radical (unpaired) electrons. The summed E-state index contributed by atoms with van der Waals surface area (Å²) < 4.78 is 2.67. The molecule has 0 amide bonds. The first-order valence-corrected chi connectivity index (χ1v) is 7.76. The Morgan fingerprint density at radius 3 is 1.67 bits per heavy atom. The average molecular weight is 432 g/mol. The van der Waals surface area contributed by atoms with Crippen LogP contribution in [0.5, 0.6) is 0 Å². The lowest BCUT2D eigenvalue weighted by Gasteiger charge is -2.01. The van der Waals surface area contributed by atoms with Crippen molar-refractivity contribution in [2.45, 2.75) is 0 Å². The van der Waals surface area contributed by atoms with Crippen LogP contribution in [0.1, 0.15) is 0 Å². The fourth-order valence-corrected chi connectivity index (χ4v) is 4.88. The lowest BCUT2D eigenvalue weighted by molar-refractivity contribution is 1.65. The Balaban J connectivity index is 2.24. The topological polar surface area (TPSA) is 0 Å². The molecule has 15 heavy (non-hydrogen) atoms. The summed E-state index contributed by atoms with van der Waals surface area (Å²) in [6, 6.07) is 13.5. The van der Waals surface area contributed by atoms with Crippen molar-refractivity contribution in [3.05, 3.63) is 43.5 Å². The van der Waals surface area contributed by atoms with E-state index in [4.69, 9.17) is 0 Å². The summed E-state index contributed by atoms with van der Waals surface area (Å²) in [5, 5.41) is 3.00. The quantitative estimate of drug-likeness (QED) is 0.379. The largest absolute Gasteiger partial charge is 0.123 e. The van der Waals surface area contributed by atoms with E-state index >= 15 is 0 Å². The predicted octanol–water partition coefficient (Wildman–Crippen LogP) is 2.53. The smallest absolute Gasteiger partial charge is 0.0535 e. The first-order chi connectivity index (χ1) is 7.24. The third-order valence-corrected chi connectivity index (χ3v) is 5.23. The van der Waals surface area contributed by atoms with E-state index in [1.165, 1.54) is 28.6 Å². The minimum atomic E-state index is 0.834. The lowest BCUT2D eigenvalue weighted by atomic mass is 10.1. The number of benzene rings is 2. The van der Waals surface area contributed by atoms with E-state index in [0.29, 0.717) is 0 Å². The van der Waals surface area contributed by atoms with E-state index in [1.807, 2.05) is 0 Å². The minimum Gasteiger partial charge on any atom is -0.0535 e. The monoisotopic (exact) mass is 432 g/mol. The molecule has 3 rings (SSSR count). The molecule has 0 saturated carbocycles. The van der Waals surface area contributed by atoms with Gasteiger partial charge in [-0.05, 0) is 90.9 Å². The van der Waals surface area contributed by atoms with Gasteiger partial charge in [0, 0.05) is 7.14 Å². The lowest BCUT2D eigenvalue weighted by Crippen LogP contribution is -2.21. The minimum absolute atomic E-state index is 0.834. The van der Waals surface area contributed by atoms with Crippen LogP contribution in [0.2, 0.25) is 0 Å². The van der Waals surface area contributed by atoms with Crippen molar-refractivity contribution in [2.24, 2.45) is 0 Å². The second-order valence-corrected chi connectivity index (χ2v) is 7.32. The Hall–Kier alpha value is 0.117. The molecule has 2 aromatic rings. The SMILES string of the molecule is Ic1ccc2c(c1)[Si]c1cc(I)ccc1-2. The van der Waals surface area contributed by atoms with Gasteiger partial charge in [0.1, 0.15) is 9.52 Å². The van der Waals surface area contributed by atoms with Gasteiger partial charge in [-0.2, -0.15) is 0 Å². The van der Waals surface area contributed by atoms with Crippen molar-refractivity contribution < 1.29 is 0 Å². The van der Waals surface area contributed by atoms with Crippen molar-refractivity contribution in [2.75, 3.05) is 0 Å². The summed E-state index contributed by atoms with van der Waals surface area (Å²) in [6.45, 7) is 0. The third kappa shape index (κ3) is 1.78. The fraction of sp³-hybridized carbons (Fsp3) is 0. The van der Waals surface area contributed by atoms with Crippen LogP contribution in [-0.2, 0) is 0 Å². The maximum atomic E-state index is 2.38. The number of hydrogen-bond donors (Lipinski definition) is 0.